The van der Waals surface area contributed by atoms with E-state index in [0.29, 0.717) is 5.69 Å². The van der Waals surface area contributed by atoms with Crippen LogP contribution < -0.4 is 11.1 Å². The first kappa shape index (κ1) is 15.5. The van der Waals surface area contributed by atoms with Crippen molar-refractivity contribution < 1.29 is 13.2 Å². The lowest BCUT2D eigenvalue weighted by Gasteiger charge is -2.11. The normalized spacial score (nSPS) is 11.2. The maximum atomic E-state index is 12.7. The van der Waals surface area contributed by atoms with Crippen molar-refractivity contribution in [1.29, 1.82) is 0 Å². The summed E-state index contributed by atoms with van der Waals surface area (Å²) in [5.41, 5.74) is 4.97. The van der Waals surface area contributed by atoms with Gasteiger partial charge in [-0.25, -0.2) is 9.97 Å². The van der Waals surface area contributed by atoms with E-state index in [1.807, 2.05) is 0 Å². The van der Waals surface area contributed by atoms with Crippen LogP contribution in [0, 0.1) is 0 Å². The van der Waals surface area contributed by atoms with Crippen LogP contribution in [0.25, 0.3) is 0 Å². The van der Waals surface area contributed by atoms with Crippen LogP contribution in [-0.4, -0.2) is 15.0 Å². The maximum absolute atomic E-state index is 12.7. The van der Waals surface area contributed by atoms with E-state index in [2.05, 4.69) is 15.3 Å². The number of thiocarbonyl (C=S) groups is 1. The molecule has 4 nitrogen and oxygen atoms in total. The Balaban J connectivity index is 2.33. The predicted molar refractivity (Wildman–Crippen MR) is 77.7 cm³/mol. The topological polar surface area (TPSA) is 63.8 Å². The fourth-order valence-corrected chi connectivity index (χ4v) is 1.86. The Hall–Kier alpha value is -1.93. The van der Waals surface area contributed by atoms with Crippen molar-refractivity contribution in [2.75, 3.05) is 5.32 Å². The summed E-state index contributed by atoms with van der Waals surface area (Å²) in [4.78, 5) is 7.91. The third-order valence-corrected chi connectivity index (χ3v) is 2.82. The number of nitrogens with zero attached hydrogens (tertiary/aromatic N) is 2. The van der Waals surface area contributed by atoms with Crippen molar-refractivity contribution in [1.82, 2.24) is 9.97 Å². The van der Waals surface area contributed by atoms with E-state index in [0.717, 1.165) is 12.1 Å². The number of rotatable bonds is 3. The molecule has 3 N–H and O–H groups in total. The molecule has 0 unspecified atom stereocenters. The molecule has 1 aromatic heterocycles. The van der Waals surface area contributed by atoms with E-state index in [1.165, 1.54) is 18.3 Å². The summed E-state index contributed by atoms with van der Waals surface area (Å²) in [6.45, 7) is 0. The molecule has 0 aliphatic rings. The molecule has 2 rings (SSSR count). The molecule has 1 heterocycles. The Bertz CT molecular complexity index is 690. The summed E-state index contributed by atoms with van der Waals surface area (Å²) in [7, 11) is 0. The highest BCUT2D eigenvalue weighted by atomic mass is 35.5. The van der Waals surface area contributed by atoms with Gasteiger partial charge in [0, 0.05) is 16.9 Å². The molecule has 9 heteroatoms. The van der Waals surface area contributed by atoms with E-state index in [4.69, 9.17) is 29.6 Å². The molecule has 0 bridgehead atoms. The van der Waals surface area contributed by atoms with Gasteiger partial charge in [-0.2, -0.15) is 13.2 Å². The first-order valence-corrected chi connectivity index (χ1v) is 6.32. The van der Waals surface area contributed by atoms with Crippen LogP contribution in [0.2, 0.25) is 5.02 Å². The SMILES string of the molecule is NC(=S)c1ccnc(Nc2cc(Cl)cc(C(F)(F)F)c2)n1. The number of nitrogens with two attached hydrogens (primary N) is 1. The molecular formula is C12H8ClF3N4S. The zero-order valence-electron chi connectivity index (χ0n) is 10.3. The molecule has 0 fully saturated rings. The summed E-state index contributed by atoms with van der Waals surface area (Å²) < 4.78 is 38.1. The van der Waals surface area contributed by atoms with E-state index in [-0.39, 0.29) is 21.6 Å². The van der Waals surface area contributed by atoms with Crippen LogP contribution in [0.15, 0.2) is 30.5 Å². The molecule has 0 saturated heterocycles. The maximum Gasteiger partial charge on any atom is 0.416 e. The molecule has 0 aliphatic carbocycles. The molecule has 21 heavy (non-hydrogen) atoms. The fourth-order valence-electron chi connectivity index (χ4n) is 1.51. The number of hydrogen-bond acceptors (Lipinski definition) is 4. The van der Waals surface area contributed by atoms with E-state index in [1.54, 1.807) is 0 Å². The molecule has 110 valence electrons. The van der Waals surface area contributed by atoms with Crippen molar-refractivity contribution in [3.63, 3.8) is 0 Å². The lowest BCUT2D eigenvalue weighted by molar-refractivity contribution is -0.137. The van der Waals surface area contributed by atoms with E-state index >= 15 is 0 Å². The zero-order chi connectivity index (χ0) is 15.6. The number of anilines is 2. The van der Waals surface area contributed by atoms with Gasteiger partial charge in [0.15, 0.2) is 0 Å². The molecule has 0 spiro atoms. The lowest BCUT2D eigenvalue weighted by Crippen LogP contribution is -2.13. The van der Waals surface area contributed by atoms with Gasteiger partial charge in [-0.15, -0.1) is 0 Å². The Kier molecular flexibility index (Phi) is 4.29. The average molecular weight is 333 g/mol. The molecule has 0 amide bonds. The number of aromatic nitrogens is 2. The minimum absolute atomic E-state index is 0.0576. The Morgan fingerprint density at radius 2 is 2.00 bits per heavy atom. The highest BCUT2D eigenvalue weighted by Gasteiger charge is 2.31. The summed E-state index contributed by atoms with van der Waals surface area (Å²) in [5.74, 6) is 0.0655. The molecule has 0 radical (unpaired) electrons. The van der Waals surface area contributed by atoms with Gasteiger partial charge in [0.2, 0.25) is 5.95 Å². The largest absolute Gasteiger partial charge is 0.416 e. The number of benzene rings is 1. The van der Waals surface area contributed by atoms with Crippen molar-refractivity contribution >= 4 is 40.4 Å². The van der Waals surface area contributed by atoms with Crippen molar-refractivity contribution in [2.24, 2.45) is 5.73 Å². The van der Waals surface area contributed by atoms with Gasteiger partial charge in [-0.1, -0.05) is 23.8 Å². The molecule has 2 aromatic rings. The quantitative estimate of drug-likeness (QED) is 0.842. The minimum Gasteiger partial charge on any atom is -0.388 e. The Morgan fingerprint density at radius 3 is 2.62 bits per heavy atom. The summed E-state index contributed by atoms with van der Waals surface area (Å²) in [6.07, 6.45) is -3.11. The summed E-state index contributed by atoms with van der Waals surface area (Å²) in [5, 5.41) is 2.57. The average Bonchev–Trinajstić information content (AvgIpc) is 2.37. The van der Waals surface area contributed by atoms with Crippen molar-refractivity contribution in [3.05, 3.63) is 46.7 Å². The van der Waals surface area contributed by atoms with Crippen LogP contribution in [-0.2, 0) is 6.18 Å². The first-order valence-electron chi connectivity index (χ1n) is 5.53. The third kappa shape index (κ3) is 4.02. The van der Waals surface area contributed by atoms with Crippen LogP contribution in [0.1, 0.15) is 11.3 Å². The molecule has 0 aliphatic heterocycles. The van der Waals surface area contributed by atoms with E-state index in [9.17, 15) is 13.2 Å². The van der Waals surface area contributed by atoms with Gasteiger partial charge < -0.3 is 11.1 Å². The standard InChI is InChI=1S/C12H8ClF3N4S/c13-7-3-6(12(14,15)16)4-8(5-7)19-11-18-2-1-9(20-11)10(17)21/h1-5H,(H2,17,21)(H,18,19,20). The molecule has 0 saturated carbocycles. The highest BCUT2D eigenvalue weighted by molar-refractivity contribution is 7.80. The number of alkyl halides is 3. The first-order chi connectivity index (χ1) is 9.75. The van der Waals surface area contributed by atoms with Crippen molar-refractivity contribution in [2.45, 2.75) is 6.18 Å². The zero-order valence-corrected chi connectivity index (χ0v) is 11.9. The van der Waals surface area contributed by atoms with Crippen LogP contribution in [0.5, 0.6) is 0 Å². The second-order valence-electron chi connectivity index (χ2n) is 3.98. The number of nitrogens with one attached hydrogen (secondary N) is 1. The van der Waals surface area contributed by atoms with Crippen LogP contribution >= 0.6 is 23.8 Å². The van der Waals surface area contributed by atoms with Crippen LogP contribution in [0.3, 0.4) is 0 Å². The predicted octanol–water partition coefficient (Wildman–Crippen LogP) is 3.53. The molecule has 1 aromatic carbocycles. The van der Waals surface area contributed by atoms with Gasteiger partial charge in [-0.05, 0) is 24.3 Å². The number of halogens is 4. The Labute approximate surface area is 128 Å². The smallest absolute Gasteiger partial charge is 0.388 e. The monoisotopic (exact) mass is 332 g/mol. The summed E-state index contributed by atoms with van der Waals surface area (Å²) >= 11 is 10.4. The summed E-state index contributed by atoms with van der Waals surface area (Å²) in [6, 6.07) is 4.56. The lowest BCUT2D eigenvalue weighted by atomic mass is 10.2. The van der Waals surface area contributed by atoms with Gasteiger partial charge in [0.05, 0.1) is 5.56 Å². The second-order valence-corrected chi connectivity index (χ2v) is 4.86. The Morgan fingerprint density at radius 1 is 1.29 bits per heavy atom. The second kappa shape index (κ2) is 5.82. The van der Waals surface area contributed by atoms with E-state index < -0.39 is 11.7 Å². The van der Waals surface area contributed by atoms with Gasteiger partial charge in [0.1, 0.15) is 10.7 Å². The molecule has 0 atom stereocenters. The fraction of sp³-hybridized carbons (Fsp3) is 0.0833. The van der Waals surface area contributed by atoms with Gasteiger partial charge in [-0.3, -0.25) is 0 Å². The molecular weight excluding hydrogens is 325 g/mol. The highest BCUT2D eigenvalue weighted by Crippen LogP contribution is 2.33. The minimum atomic E-state index is -4.50. The van der Waals surface area contributed by atoms with Crippen molar-refractivity contribution in [3.8, 4) is 0 Å². The van der Waals surface area contributed by atoms with Gasteiger partial charge >= 0.3 is 6.18 Å². The van der Waals surface area contributed by atoms with Gasteiger partial charge in [0.25, 0.3) is 0 Å². The third-order valence-electron chi connectivity index (χ3n) is 2.39. The number of hydrogen-bond donors (Lipinski definition) is 2. The van der Waals surface area contributed by atoms with Crippen LogP contribution in [0.4, 0.5) is 24.8 Å².